The molecule has 2 rings (SSSR count). The third kappa shape index (κ3) is 3.26. The molecule has 0 saturated carbocycles. The monoisotopic (exact) mass is 272 g/mol. The zero-order valence-corrected chi connectivity index (χ0v) is 12.1. The Labute approximate surface area is 119 Å². The summed E-state index contributed by atoms with van der Waals surface area (Å²) in [7, 11) is 0. The van der Waals surface area contributed by atoms with E-state index in [1.165, 1.54) is 0 Å². The maximum Gasteiger partial charge on any atom is 0.224 e. The molecule has 0 spiro atoms. The second kappa shape index (κ2) is 6.37. The summed E-state index contributed by atoms with van der Waals surface area (Å²) in [5.74, 6) is 1.10. The number of carbonyl (C=O) groups excluding carboxylic acids is 1. The first-order chi connectivity index (χ1) is 9.61. The Morgan fingerprint density at radius 1 is 1.35 bits per heavy atom. The SMILES string of the molecule is CCOc1ccc(NC(=O)CC(C)C)c2cccnc12. The zero-order valence-electron chi connectivity index (χ0n) is 12.1. The number of aromatic nitrogens is 1. The maximum atomic E-state index is 11.9. The molecule has 1 N–H and O–H groups in total. The van der Waals surface area contributed by atoms with Gasteiger partial charge < -0.3 is 10.1 Å². The average Bonchev–Trinajstić information content (AvgIpc) is 2.41. The molecule has 4 heteroatoms. The molecule has 0 aliphatic heterocycles. The predicted molar refractivity (Wildman–Crippen MR) is 81.0 cm³/mol. The minimum Gasteiger partial charge on any atom is -0.492 e. The fourth-order valence-corrected chi connectivity index (χ4v) is 2.10. The van der Waals surface area contributed by atoms with E-state index in [1.807, 2.05) is 45.0 Å². The molecule has 0 atom stereocenters. The van der Waals surface area contributed by atoms with Gasteiger partial charge in [-0.25, -0.2) is 0 Å². The van der Waals surface area contributed by atoms with Crippen LogP contribution >= 0.6 is 0 Å². The van der Waals surface area contributed by atoms with Crippen molar-refractivity contribution in [1.82, 2.24) is 4.98 Å². The lowest BCUT2D eigenvalue weighted by atomic mass is 10.1. The van der Waals surface area contributed by atoms with Gasteiger partial charge in [0, 0.05) is 18.0 Å². The van der Waals surface area contributed by atoms with E-state index in [9.17, 15) is 4.79 Å². The molecule has 0 radical (unpaired) electrons. The molecule has 20 heavy (non-hydrogen) atoms. The highest BCUT2D eigenvalue weighted by molar-refractivity contribution is 6.02. The third-order valence-corrected chi connectivity index (χ3v) is 2.90. The number of nitrogens with zero attached hydrogens (tertiary/aromatic N) is 1. The van der Waals surface area contributed by atoms with Crippen molar-refractivity contribution >= 4 is 22.5 Å². The largest absolute Gasteiger partial charge is 0.492 e. The summed E-state index contributed by atoms with van der Waals surface area (Å²) in [4.78, 5) is 16.3. The molecular formula is C16H20N2O2. The van der Waals surface area contributed by atoms with Crippen LogP contribution < -0.4 is 10.1 Å². The summed E-state index contributed by atoms with van der Waals surface area (Å²) in [5, 5.41) is 3.85. The fourth-order valence-electron chi connectivity index (χ4n) is 2.10. The Kier molecular flexibility index (Phi) is 4.56. The number of fused-ring (bicyclic) bond motifs is 1. The Morgan fingerprint density at radius 3 is 2.85 bits per heavy atom. The third-order valence-electron chi connectivity index (χ3n) is 2.90. The second-order valence-electron chi connectivity index (χ2n) is 5.09. The molecule has 1 amide bonds. The Hall–Kier alpha value is -2.10. The second-order valence-corrected chi connectivity index (χ2v) is 5.09. The summed E-state index contributed by atoms with van der Waals surface area (Å²) in [6.45, 7) is 6.58. The van der Waals surface area contributed by atoms with Crippen LogP contribution in [-0.4, -0.2) is 17.5 Å². The van der Waals surface area contributed by atoms with Gasteiger partial charge in [-0.15, -0.1) is 0 Å². The average molecular weight is 272 g/mol. The zero-order chi connectivity index (χ0) is 14.5. The smallest absolute Gasteiger partial charge is 0.224 e. The Morgan fingerprint density at radius 2 is 2.15 bits per heavy atom. The molecule has 1 heterocycles. The highest BCUT2D eigenvalue weighted by Crippen LogP contribution is 2.30. The minimum absolute atomic E-state index is 0.0225. The molecule has 106 valence electrons. The minimum atomic E-state index is 0.0225. The molecule has 1 aromatic carbocycles. The van der Waals surface area contributed by atoms with Gasteiger partial charge >= 0.3 is 0 Å². The van der Waals surface area contributed by atoms with Crippen LogP contribution in [0.1, 0.15) is 27.2 Å². The van der Waals surface area contributed by atoms with Crippen LogP contribution in [0.2, 0.25) is 0 Å². The molecule has 0 bridgehead atoms. The van der Waals surface area contributed by atoms with Crippen molar-refractivity contribution in [3.05, 3.63) is 30.5 Å². The Bertz CT molecular complexity index is 608. The first kappa shape index (κ1) is 14.3. The number of hydrogen-bond acceptors (Lipinski definition) is 3. The summed E-state index contributed by atoms with van der Waals surface area (Å²) >= 11 is 0. The van der Waals surface area contributed by atoms with Gasteiger partial charge in [0.25, 0.3) is 0 Å². The van der Waals surface area contributed by atoms with Crippen LogP contribution in [0.15, 0.2) is 30.5 Å². The first-order valence-electron chi connectivity index (χ1n) is 6.92. The van der Waals surface area contributed by atoms with Crippen molar-refractivity contribution in [2.75, 3.05) is 11.9 Å². The van der Waals surface area contributed by atoms with E-state index in [0.717, 1.165) is 22.3 Å². The summed E-state index contributed by atoms with van der Waals surface area (Å²) in [6.07, 6.45) is 2.24. The van der Waals surface area contributed by atoms with Crippen LogP contribution in [-0.2, 0) is 4.79 Å². The van der Waals surface area contributed by atoms with Crippen molar-refractivity contribution in [2.24, 2.45) is 5.92 Å². The summed E-state index contributed by atoms with van der Waals surface area (Å²) in [5.41, 5.74) is 1.55. The lowest BCUT2D eigenvalue weighted by molar-refractivity contribution is -0.116. The quantitative estimate of drug-likeness (QED) is 0.904. The van der Waals surface area contributed by atoms with Gasteiger partial charge in [-0.05, 0) is 37.1 Å². The maximum absolute atomic E-state index is 11.9. The Balaban J connectivity index is 2.35. The summed E-state index contributed by atoms with van der Waals surface area (Å²) < 4.78 is 5.57. The number of rotatable bonds is 5. The predicted octanol–water partition coefficient (Wildman–Crippen LogP) is 3.62. The van der Waals surface area contributed by atoms with Crippen LogP contribution in [0.5, 0.6) is 5.75 Å². The van der Waals surface area contributed by atoms with Gasteiger partial charge in [0.1, 0.15) is 11.3 Å². The first-order valence-corrected chi connectivity index (χ1v) is 6.92. The number of anilines is 1. The van der Waals surface area contributed by atoms with Gasteiger partial charge in [-0.1, -0.05) is 13.8 Å². The molecule has 0 aliphatic rings. The molecule has 1 aromatic heterocycles. The molecule has 0 aliphatic carbocycles. The highest BCUT2D eigenvalue weighted by atomic mass is 16.5. The van der Waals surface area contributed by atoms with E-state index >= 15 is 0 Å². The lowest BCUT2D eigenvalue weighted by Crippen LogP contribution is -2.14. The lowest BCUT2D eigenvalue weighted by Gasteiger charge is -2.12. The molecular weight excluding hydrogens is 252 g/mol. The highest BCUT2D eigenvalue weighted by Gasteiger charge is 2.11. The van der Waals surface area contributed by atoms with E-state index in [1.54, 1.807) is 6.20 Å². The molecule has 0 fully saturated rings. The molecule has 0 unspecified atom stereocenters. The van der Waals surface area contributed by atoms with E-state index in [-0.39, 0.29) is 5.91 Å². The number of pyridine rings is 1. The number of hydrogen-bond donors (Lipinski definition) is 1. The summed E-state index contributed by atoms with van der Waals surface area (Å²) in [6, 6.07) is 7.52. The van der Waals surface area contributed by atoms with Crippen LogP contribution in [0.25, 0.3) is 10.9 Å². The number of carbonyl (C=O) groups is 1. The van der Waals surface area contributed by atoms with E-state index in [0.29, 0.717) is 18.9 Å². The number of amides is 1. The topological polar surface area (TPSA) is 51.2 Å². The number of ether oxygens (including phenoxy) is 1. The van der Waals surface area contributed by atoms with Gasteiger partial charge in [0.05, 0.1) is 12.3 Å². The van der Waals surface area contributed by atoms with Crippen molar-refractivity contribution in [1.29, 1.82) is 0 Å². The normalized spacial score (nSPS) is 10.8. The van der Waals surface area contributed by atoms with Crippen LogP contribution in [0.4, 0.5) is 5.69 Å². The van der Waals surface area contributed by atoms with Crippen LogP contribution in [0, 0.1) is 5.92 Å². The van der Waals surface area contributed by atoms with Crippen molar-refractivity contribution in [3.8, 4) is 5.75 Å². The molecule has 2 aromatic rings. The molecule has 0 saturated heterocycles. The van der Waals surface area contributed by atoms with Gasteiger partial charge in [0.15, 0.2) is 0 Å². The van der Waals surface area contributed by atoms with Gasteiger partial charge in [0.2, 0.25) is 5.91 Å². The van der Waals surface area contributed by atoms with Gasteiger partial charge in [-0.2, -0.15) is 0 Å². The van der Waals surface area contributed by atoms with Crippen molar-refractivity contribution < 1.29 is 9.53 Å². The van der Waals surface area contributed by atoms with Gasteiger partial charge in [-0.3, -0.25) is 9.78 Å². The van der Waals surface area contributed by atoms with Crippen molar-refractivity contribution in [2.45, 2.75) is 27.2 Å². The fraction of sp³-hybridized carbons (Fsp3) is 0.375. The van der Waals surface area contributed by atoms with Crippen LogP contribution in [0.3, 0.4) is 0 Å². The standard InChI is InChI=1S/C16H20N2O2/c1-4-20-14-8-7-13(18-15(19)10-11(2)3)12-6-5-9-17-16(12)14/h5-9,11H,4,10H2,1-3H3,(H,18,19). The van der Waals surface area contributed by atoms with E-state index < -0.39 is 0 Å². The van der Waals surface area contributed by atoms with E-state index in [2.05, 4.69) is 10.3 Å². The number of benzene rings is 1. The molecule has 4 nitrogen and oxygen atoms in total. The van der Waals surface area contributed by atoms with E-state index in [4.69, 9.17) is 4.74 Å². The number of nitrogens with one attached hydrogen (secondary N) is 1. The van der Waals surface area contributed by atoms with Crippen molar-refractivity contribution in [3.63, 3.8) is 0 Å².